The van der Waals surface area contributed by atoms with Gasteiger partial charge in [0.2, 0.25) is 10.0 Å². The molecule has 0 atom stereocenters. The average molecular weight is 390 g/mol. The van der Waals surface area contributed by atoms with Crippen LogP contribution in [0.15, 0.2) is 27.6 Å². The molecule has 0 aliphatic carbocycles. The summed E-state index contributed by atoms with van der Waals surface area (Å²) in [5.74, 6) is -0.761. The molecule has 1 aromatic rings. The lowest BCUT2D eigenvalue weighted by atomic mass is 10.3. The first-order valence-corrected chi connectivity index (χ1v) is 8.07. The largest absolute Gasteiger partial charge is 0.573 e. The van der Waals surface area contributed by atoms with E-state index in [0.29, 0.717) is 0 Å². The van der Waals surface area contributed by atoms with Crippen molar-refractivity contribution in [2.24, 2.45) is 0 Å². The highest BCUT2D eigenvalue weighted by Crippen LogP contribution is 2.34. The fourth-order valence-corrected chi connectivity index (χ4v) is 3.67. The van der Waals surface area contributed by atoms with Crippen molar-refractivity contribution in [2.75, 3.05) is 26.3 Å². The van der Waals surface area contributed by atoms with Gasteiger partial charge < -0.3 is 9.47 Å². The SMILES string of the molecule is O=S(=O)(c1ccc(Br)cc1OC(F)(F)F)N1CCOCC1. The summed E-state index contributed by atoms with van der Waals surface area (Å²) in [6, 6.07) is 3.40. The van der Waals surface area contributed by atoms with Crippen LogP contribution in [0.4, 0.5) is 13.2 Å². The Hall–Kier alpha value is -0.840. The fraction of sp³-hybridized carbons (Fsp3) is 0.455. The van der Waals surface area contributed by atoms with Gasteiger partial charge in [0, 0.05) is 17.6 Å². The van der Waals surface area contributed by atoms with E-state index in [2.05, 4.69) is 20.7 Å². The van der Waals surface area contributed by atoms with E-state index in [1.165, 1.54) is 6.07 Å². The standard InChI is InChI=1S/C11H11BrF3NO4S/c12-8-1-2-10(9(7-8)20-11(13,14)15)21(17,18)16-3-5-19-6-4-16/h1-2,7H,3-6H2. The van der Waals surface area contributed by atoms with E-state index in [1.54, 1.807) is 0 Å². The number of hydrogen-bond donors (Lipinski definition) is 0. The number of ether oxygens (including phenoxy) is 2. The molecule has 1 fully saturated rings. The van der Waals surface area contributed by atoms with E-state index in [-0.39, 0.29) is 30.8 Å². The average Bonchev–Trinajstić information content (AvgIpc) is 2.37. The maximum Gasteiger partial charge on any atom is 0.573 e. The van der Waals surface area contributed by atoms with Crippen LogP contribution in [0.3, 0.4) is 0 Å². The summed E-state index contributed by atoms with van der Waals surface area (Å²) in [7, 11) is -4.07. The molecule has 0 spiro atoms. The lowest BCUT2D eigenvalue weighted by Crippen LogP contribution is -2.40. The fourth-order valence-electron chi connectivity index (χ4n) is 1.83. The van der Waals surface area contributed by atoms with Crippen molar-refractivity contribution >= 4 is 26.0 Å². The zero-order chi connectivity index (χ0) is 15.7. The number of rotatable bonds is 3. The van der Waals surface area contributed by atoms with Gasteiger partial charge in [-0.15, -0.1) is 13.2 Å². The zero-order valence-electron chi connectivity index (χ0n) is 10.6. The van der Waals surface area contributed by atoms with Crippen LogP contribution in [-0.2, 0) is 14.8 Å². The summed E-state index contributed by atoms with van der Waals surface area (Å²) >= 11 is 2.99. The van der Waals surface area contributed by atoms with E-state index in [0.717, 1.165) is 16.4 Å². The Morgan fingerprint density at radius 1 is 1.24 bits per heavy atom. The summed E-state index contributed by atoms with van der Waals surface area (Å²) in [4.78, 5) is -0.523. The highest BCUT2D eigenvalue weighted by atomic mass is 79.9. The third-order valence-corrected chi connectivity index (χ3v) is 5.15. The van der Waals surface area contributed by atoms with Crippen molar-refractivity contribution in [3.63, 3.8) is 0 Å². The molecule has 1 aromatic carbocycles. The Labute approximate surface area is 127 Å². The normalized spacial score (nSPS) is 17.7. The van der Waals surface area contributed by atoms with Crippen LogP contribution in [-0.4, -0.2) is 45.4 Å². The van der Waals surface area contributed by atoms with E-state index >= 15 is 0 Å². The number of benzene rings is 1. The van der Waals surface area contributed by atoms with Crippen LogP contribution >= 0.6 is 15.9 Å². The Bertz CT molecular complexity index is 614. The van der Waals surface area contributed by atoms with Gasteiger partial charge >= 0.3 is 6.36 Å². The maximum absolute atomic E-state index is 12.4. The molecule has 0 saturated carbocycles. The minimum atomic E-state index is -4.98. The molecule has 21 heavy (non-hydrogen) atoms. The number of sulfonamides is 1. The van der Waals surface area contributed by atoms with Crippen molar-refractivity contribution in [3.05, 3.63) is 22.7 Å². The van der Waals surface area contributed by atoms with Crippen molar-refractivity contribution in [1.82, 2.24) is 4.31 Å². The first kappa shape index (κ1) is 16.5. The minimum Gasteiger partial charge on any atom is -0.404 e. The van der Waals surface area contributed by atoms with Gasteiger partial charge in [0.15, 0.2) is 5.75 Å². The summed E-state index contributed by atoms with van der Waals surface area (Å²) in [5, 5.41) is 0. The number of hydrogen-bond acceptors (Lipinski definition) is 4. The summed E-state index contributed by atoms with van der Waals surface area (Å²) in [5.41, 5.74) is 0. The molecule has 118 valence electrons. The second-order valence-corrected chi connectivity index (χ2v) is 6.98. The number of halogens is 4. The first-order chi connectivity index (χ1) is 9.70. The first-order valence-electron chi connectivity index (χ1n) is 5.83. The molecule has 0 radical (unpaired) electrons. The number of morpholine rings is 1. The quantitative estimate of drug-likeness (QED) is 0.796. The van der Waals surface area contributed by atoms with Crippen molar-refractivity contribution in [1.29, 1.82) is 0 Å². The molecule has 2 rings (SSSR count). The molecule has 5 nitrogen and oxygen atoms in total. The summed E-state index contributed by atoms with van der Waals surface area (Å²) in [6.45, 7) is 0.574. The van der Waals surface area contributed by atoms with Crippen LogP contribution < -0.4 is 4.74 Å². The Balaban J connectivity index is 2.42. The van der Waals surface area contributed by atoms with Gasteiger partial charge in [-0.25, -0.2) is 8.42 Å². The zero-order valence-corrected chi connectivity index (χ0v) is 13.0. The molecule has 0 amide bonds. The minimum absolute atomic E-state index is 0.0872. The molecule has 1 heterocycles. The molecule has 0 unspecified atom stereocenters. The van der Waals surface area contributed by atoms with Gasteiger partial charge in [-0.3, -0.25) is 0 Å². The highest BCUT2D eigenvalue weighted by molar-refractivity contribution is 9.10. The monoisotopic (exact) mass is 389 g/mol. The van der Waals surface area contributed by atoms with Crippen molar-refractivity contribution < 1.29 is 31.1 Å². The molecule has 1 aliphatic rings. The molecule has 0 bridgehead atoms. The smallest absolute Gasteiger partial charge is 0.404 e. The van der Waals surface area contributed by atoms with Gasteiger partial charge in [0.05, 0.1) is 13.2 Å². The third-order valence-electron chi connectivity index (χ3n) is 2.72. The van der Waals surface area contributed by atoms with Gasteiger partial charge in [-0.1, -0.05) is 15.9 Å². The van der Waals surface area contributed by atoms with Crippen LogP contribution in [0.25, 0.3) is 0 Å². The van der Waals surface area contributed by atoms with Crippen LogP contribution in [0.2, 0.25) is 0 Å². The maximum atomic E-state index is 12.4. The van der Waals surface area contributed by atoms with Gasteiger partial charge in [0.25, 0.3) is 0 Å². The molecule has 0 N–H and O–H groups in total. The van der Waals surface area contributed by atoms with E-state index < -0.39 is 27.0 Å². The molecule has 1 saturated heterocycles. The predicted molar refractivity (Wildman–Crippen MR) is 70.4 cm³/mol. The highest BCUT2D eigenvalue weighted by Gasteiger charge is 2.36. The van der Waals surface area contributed by atoms with E-state index in [1.807, 2.05) is 0 Å². The Kier molecular flexibility index (Phi) is 4.81. The summed E-state index contributed by atoms with van der Waals surface area (Å²) < 4.78 is 72.3. The van der Waals surface area contributed by atoms with E-state index in [9.17, 15) is 21.6 Å². The van der Waals surface area contributed by atoms with Crippen LogP contribution in [0.5, 0.6) is 5.75 Å². The lowest BCUT2D eigenvalue weighted by molar-refractivity contribution is -0.275. The third kappa shape index (κ3) is 4.09. The summed E-state index contributed by atoms with van der Waals surface area (Å²) in [6.07, 6.45) is -4.98. The number of alkyl halides is 3. The predicted octanol–water partition coefficient (Wildman–Crippen LogP) is 2.37. The van der Waals surface area contributed by atoms with Gasteiger partial charge in [-0.2, -0.15) is 4.31 Å². The second kappa shape index (κ2) is 6.11. The number of nitrogens with zero attached hydrogens (tertiary/aromatic N) is 1. The van der Waals surface area contributed by atoms with Crippen molar-refractivity contribution in [2.45, 2.75) is 11.3 Å². The van der Waals surface area contributed by atoms with Gasteiger partial charge in [0.1, 0.15) is 4.90 Å². The van der Waals surface area contributed by atoms with E-state index in [4.69, 9.17) is 4.74 Å². The molecular formula is C11H11BrF3NO4S. The molecule has 10 heteroatoms. The molecular weight excluding hydrogens is 379 g/mol. The Morgan fingerprint density at radius 2 is 1.86 bits per heavy atom. The molecule has 0 aromatic heterocycles. The van der Waals surface area contributed by atoms with Gasteiger partial charge in [-0.05, 0) is 18.2 Å². The van der Waals surface area contributed by atoms with Crippen LogP contribution in [0.1, 0.15) is 0 Å². The second-order valence-electron chi connectivity index (χ2n) is 4.16. The lowest BCUT2D eigenvalue weighted by Gasteiger charge is -2.27. The van der Waals surface area contributed by atoms with Crippen LogP contribution in [0, 0.1) is 0 Å². The van der Waals surface area contributed by atoms with Crippen molar-refractivity contribution in [3.8, 4) is 5.75 Å². The topological polar surface area (TPSA) is 55.8 Å². The Morgan fingerprint density at radius 3 is 2.43 bits per heavy atom. The molecule has 1 aliphatic heterocycles.